The first-order valence-corrected chi connectivity index (χ1v) is 9.58. The quantitative estimate of drug-likeness (QED) is 0.722. The Kier molecular flexibility index (Phi) is 5.67. The van der Waals surface area contributed by atoms with Gasteiger partial charge in [-0.1, -0.05) is 30.3 Å². The molecule has 148 valence electrons. The number of para-hydroxylation sites is 3. The van der Waals surface area contributed by atoms with Crippen molar-refractivity contribution in [2.75, 3.05) is 43.4 Å². The number of hydrogen-bond acceptors (Lipinski definition) is 6. The van der Waals surface area contributed by atoms with Gasteiger partial charge in [-0.2, -0.15) is 0 Å². The van der Waals surface area contributed by atoms with Crippen molar-refractivity contribution < 1.29 is 9.53 Å². The number of nitrogens with one attached hydrogen (secondary N) is 1. The molecule has 1 aliphatic rings. The van der Waals surface area contributed by atoms with Gasteiger partial charge >= 0.3 is 0 Å². The predicted octanol–water partition coefficient (Wildman–Crippen LogP) is 3.27. The highest BCUT2D eigenvalue weighted by atomic mass is 16.5. The molecule has 1 N–H and O–H groups in total. The number of carbonyl (C=O) groups is 1. The van der Waals surface area contributed by atoms with Crippen molar-refractivity contribution >= 4 is 17.5 Å². The number of amides is 1. The molecular formula is C22H23N5O2. The number of hydrogen-bond donors (Lipinski definition) is 1. The maximum Gasteiger partial charge on any atom is 0.258 e. The summed E-state index contributed by atoms with van der Waals surface area (Å²) in [4.78, 5) is 25.9. The van der Waals surface area contributed by atoms with Crippen LogP contribution in [-0.4, -0.2) is 54.0 Å². The van der Waals surface area contributed by atoms with Gasteiger partial charge in [0.2, 0.25) is 5.95 Å². The van der Waals surface area contributed by atoms with Crippen molar-refractivity contribution in [1.82, 2.24) is 14.9 Å². The van der Waals surface area contributed by atoms with Gasteiger partial charge in [-0.05, 0) is 31.3 Å². The van der Waals surface area contributed by atoms with Crippen LogP contribution in [0.15, 0.2) is 67.0 Å². The first-order valence-electron chi connectivity index (χ1n) is 9.58. The first kappa shape index (κ1) is 18.9. The Bertz CT molecular complexity index is 954. The number of piperazine rings is 1. The number of nitrogens with zero attached hydrogens (tertiary/aromatic N) is 4. The van der Waals surface area contributed by atoms with E-state index >= 15 is 0 Å². The molecule has 1 fully saturated rings. The molecule has 0 unspecified atom stereocenters. The van der Waals surface area contributed by atoms with Crippen molar-refractivity contribution in [3.05, 3.63) is 72.6 Å². The molecule has 29 heavy (non-hydrogen) atoms. The molecule has 1 aliphatic heterocycles. The van der Waals surface area contributed by atoms with E-state index in [0.29, 0.717) is 28.7 Å². The Morgan fingerprint density at radius 3 is 2.31 bits per heavy atom. The van der Waals surface area contributed by atoms with Crippen LogP contribution >= 0.6 is 0 Å². The standard InChI is InChI=1S/C22H23N5O2/c1-26-11-13-27(14-12-26)22-23-15-17(16-24-22)21(28)25-19-9-5-6-10-20(19)29-18-7-3-2-4-8-18/h2-10,15-16H,11-14H2,1H3,(H,25,28). The van der Waals surface area contributed by atoms with Gasteiger partial charge in [-0.25, -0.2) is 9.97 Å². The van der Waals surface area contributed by atoms with Gasteiger partial charge in [-0.15, -0.1) is 0 Å². The third-order valence-corrected chi connectivity index (χ3v) is 4.79. The van der Waals surface area contributed by atoms with Crippen LogP contribution in [-0.2, 0) is 0 Å². The summed E-state index contributed by atoms with van der Waals surface area (Å²) >= 11 is 0. The fraction of sp³-hybridized carbons (Fsp3) is 0.227. The smallest absolute Gasteiger partial charge is 0.258 e. The van der Waals surface area contributed by atoms with E-state index in [4.69, 9.17) is 4.74 Å². The Morgan fingerprint density at radius 1 is 0.931 bits per heavy atom. The van der Waals surface area contributed by atoms with Crippen LogP contribution < -0.4 is 15.0 Å². The number of carbonyl (C=O) groups excluding carboxylic acids is 1. The highest BCUT2D eigenvalue weighted by Gasteiger charge is 2.17. The van der Waals surface area contributed by atoms with Crippen LogP contribution in [0.25, 0.3) is 0 Å². The summed E-state index contributed by atoms with van der Waals surface area (Å²) in [5.41, 5.74) is 0.988. The third-order valence-electron chi connectivity index (χ3n) is 4.79. The molecule has 2 aromatic carbocycles. The molecule has 0 atom stereocenters. The highest BCUT2D eigenvalue weighted by Crippen LogP contribution is 2.29. The second kappa shape index (κ2) is 8.70. The van der Waals surface area contributed by atoms with Crippen LogP contribution in [0.1, 0.15) is 10.4 Å². The molecule has 7 heteroatoms. The van der Waals surface area contributed by atoms with Crippen LogP contribution in [0.2, 0.25) is 0 Å². The lowest BCUT2D eigenvalue weighted by atomic mass is 10.2. The van der Waals surface area contributed by atoms with Gasteiger partial charge in [0.05, 0.1) is 11.3 Å². The minimum absolute atomic E-state index is 0.279. The minimum Gasteiger partial charge on any atom is -0.455 e. The molecule has 0 saturated carbocycles. The topological polar surface area (TPSA) is 70.6 Å². The summed E-state index contributed by atoms with van der Waals surface area (Å²) in [6.07, 6.45) is 3.13. The van der Waals surface area contributed by atoms with Gasteiger partial charge < -0.3 is 19.9 Å². The van der Waals surface area contributed by atoms with Crippen molar-refractivity contribution in [2.24, 2.45) is 0 Å². The fourth-order valence-electron chi connectivity index (χ4n) is 3.08. The monoisotopic (exact) mass is 389 g/mol. The SMILES string of the molecule is CN1CCN(c2ncc(C(=O)Nc3ccccc3Oc3ccccc3)cn2)CC1. The fourth-order valence-corrected chi connectivity index (χ4v) is 3.08. The van der Waals surface area contributed by atoms with E-state index in [2.05, 4.69) is 32.1 Å². The zero-order valence-corrected chi connectivity index (χ0v) is 16.3. The van der Waals surface area contributed by atoms with E-state index in [9.17, 15) is 4.79 Å². The van der Waals surface area contributed by atoms with Gasteiger partial charge in [0, 0.05) is 38.6 Å². The Morgan fingerprint density at radius 2 is 1.59 bits per heavy atom. The molecule has 0 spiro atoms. The molecule has 0 aliphatic carbocycles. The zero-order valence-electron chi connectivity index (χ0n) is 16.3. The zero-order chi connectivity index (χ0) is 20.1. The van der Waals surface area contributed by atoms with Crippen LogP contribution in [0.3, 0.4) is 0 Å². The second-order valence-electron chi connectivity index (χ2n) is 6.93. The normalized spacial score (nSPS) is 14.4. The van der Waals surface area contributed by atoms with Gasteiger partial charge in [0.1, 0.15) is 5.75 Å². The summed E-state index contributed by atoms with van der Waals surface area (Å²) < 4.78 is 5.90. The molecular weight excluding hydrogens is 366 g/mol. The summed E-state index contributed by atoms with van der Waals surface area (Å²) in [5.74, 6) is 1.65. The molecule has 1 amide bonds. The third kappa shape index (κ3) is 4.70. The summed E-state index contributed by atoms with van der Waals surface area (Å²) in [7, 11) is 2.10. The van der Waals surface area contributed by atoms with E-state index in [1.54, 1.807) is 18.5 Å². The predicted molar refractivity (Wildman–Crippen MR) is 113 cm³/mol. The largest absolute Gasteiger partial charge is 0.455 e. The maximum atomic E-state index is 12.7. The number of likely N-dealkylation sites (N-methyl/N-ethyl adjacent to an activating group) is 1. The second-order valence-corrected chi connectivity index (χ2v) is 6.93. The summed E-state index contributed by atoms with van der Waals surface area (Å²) in [5, 5.41) is 2.89. The van der Waals surface area contributed by atoms with Crippen molar-refractivity contribution in [2.45, 2.75) is 0 Å². The van der Waals surface area contributed by atoms with E-state index in [-0.39, 0.29) is 5.91 Å². The van der Waals surface area contributed by atoms with Crippen molar-refractivity contribution in [3.8, 4) is 11.5 Å². The van der Waals surface area contributed by atoms with Crippen LogP contribution in [0, 0.1) is 0 Å². The molecule has 2 heterocycles. The number of anilines is 2. The van der Waals surface area contributed by atoms with E-state index < -0.39 is 0 Å². The number of rotatable bonds is 5. The Hall–Kier alpha value is -3.45. The lowest BCUT2D eigenvalue weighted by molar-refractivity contribution is 0.102. The summed E-state index contributed by atoms with van der Waals surface area (Å²) in [6, 6.07) is 16.8. The number of benzene rings is 2. The van der Waals surface area contributed by atoms with Crippen LogP contribution in [0.4, 0.5) is 11.6 Å². The van der Waals surface area contributed by atoms with E-state index in [1.165, 1.54) is 0 Å². The Labute approximate surface area is 170 Å². The minimum atomic E-state index is -0.279. The molecule has 1 saturated heterocycles. The average Bonchev–Trinajstić information content (AvgIpc) is 2.76. The van der Waals surface area contributed by atoms with Crippen molar-refractivity contribution in [1.29, 1.82) is 0 Å². The van der Waals surface area contributed by atoms with Crippen LogP contribution in [0.5, 0.6) is 11.5 Å². The molecule has 0 radical (unpaired) electrons. The van der Waals surface area contributed by atoms with Gasteiger partial charge in [0.15, 0.2) is 5.75 Å². The number of aromatic nitrogens is 2. The van der Waals surface area contributed by atoms with Gasteiger partial charge in [-0.3, -0.25) is 4.79 Å². The van der Waals surface area contributed by atoms with E-state index in [0.717, 1.165) is 26.2 Å². The molecule has 3 aromatic rings. The highest BCUT2D eigenvalue weighted by molar-refractivity contribution is 6.04. The molecule has 4 rings (SSSR count). The first-order chi connectivity index (χ1) is 14.2. The summed E-state index contributed by atoms with van der Waals surface area (Å²) in [6.45, 7) is 3.71. The molecule has 0 bridgehead atoms. The average molecular weight is 389 g/mol. The molecule has 1 aromatic heterocycles. The lowest BCUT2D eigenvalue weighted by Crippen LogP contribution is -2.45. The lowest BCUT2D eigenvalue weighted by Gasteiger charge is -2.32. The van der Waals surface area contributed by atoms with Gasteiger partial charge in [0.25, 0.3) is 5.91 Å². The molecule has 7 nitrogen and oxygen atoms in total. The Balaban J connectivity index is 1.44. The maximum absolute atomic E-state index is 12.7. The number of ether oxygens (including phenoxy) is 1. The van der Waals surface area contributed by atoms with Crippen molar-refractivity contribution in [3.63, 3.8) is 0 Å². The van der Waals surface area contributed by atoms with E-state index in [1.807, 2.05) is 48.5 Å².